The first kappa shape index (κ1) is 27.5. The Labute approximate surface area is 247 Å². The van der Waals surface area contributed by atoms with Gasteiger partial charge in [-0.3, -0.25) is 14.6 Å². The number of rotatable bonds is 7. The molecule has 2 amide bonds. The predicted octanol–water partition coefficient (Wildman–Crippen LogP) is 6.29. The standard InChI is InChI=1S/C34H27FN6O2/c1-2-20-11-16-24-27(17-20)31(25-7-3-5-9-28(25)35)37-18-22-19-38-34(41-30(22)24)39-23-14-12-21(13-15-23)33(43)40-29-10-6-4-8-26(29)32(36)42/h3-17,19H,2,18H2,1H3,(H2,36,42)(H,40,43)(H,38,39,41). The molecule has 0 atom stereocenters. The number of halogens is 1. The predicted molar refractivity (Wildman–Crippen MR) is 165 cm³/mol. The Bertz CT molecular complexity index is 1900. The fraction of sp³-hybridized carbons (Fsp3) is 0.0882. The Hall–Kier alpha value is -5.70. The maximum absolute atomic E-state index is 14.9. The first-order valence-corrected chi connectivity index (χ1v) is 13.8. The monoisotopic (exact) mass is 570 g/mol. The lowest BCUT2D eigenvalue weighted by Crippen LogP contribution is -2.18. The molecule has 9 heteroatoms. The molecule has 0 fully saturated rings. The van der Waals surface area contributed by atoms with Crippen LogP contribution in [0.4, 0.5) is 21.7 Å². The Morgan fingerprint density at radius 1 is 0.907 bits per heavy atom. The van der Waals surface area contributed by atoms with Crippen molar-refractivity contribution < 1.29 is 14.0 Å². The average molecular weight is 571 g/mol. The fourth-order valence-corrected chi connectivity index (χ4v) is 5.00. The minimum atomic E-state index is -0.625. The number of carbonyl (C=O) groups is 2. The van der Waals surface area contributed by atoms with Crippen LogP contribution < -0.4 is 16.4 Å². The summed E-state index contributed by atoms with van der Waals surface area (Å²) in [4.78, 5) is 38.7. The maximum atomic E-state index is 14.9. The zero-order valence-electron chi connectivity index (χ0n) is 23.3. The molecule has 0 radical (unpaired) electrons. The van der Waals surface area contributed by atoms with Gasteiger partial charge in [0.25, 0.3) is 11.8 Å². The molecule has 0 saturated heterocycles. The number of benzene rings is 4. The first-order chi connectivity index (χ1) is 20.9. The van der Waals surface area contributed by atoms with Crippen LogP contribution in [-0.4, -0.2) is 27.5 Å². The number of carbonyl (C=O) groups excluding carboxylic acids is 2. The van der Waals surface area contributed by atoms with Crippen molar-refractivity contribution in [2.75, 3.05) is 10.6 Å². The van der Waals surface area contributed by atoms with E-state index < -0.39 is 5.91 Å². The summed E-state index contributed by atoms with van der Waals surface area (Å²) < 4.78 is 14.9. The lowest BCUT2D eigenvalue weighted by molar-refractivity contribution is 0.100. The van der Waals surface area contributed by atoms with E-state index in [1.54, 1.807) is 72.9 Å². The summed E-state index contributed by atoms with van der Waals surface area (Å²) in [5.74, 6) is -0.969. The molecule has 6 rings (SSSR count). The number of hydrogen-bond acceptors (Lipinski definition) is 6. The molecule has 0 unspecified atom stereocenters. The van der Waals surface area contributed by atoms with E-state index >= 15 is 0 Å². The van der Waals surface area contributed by atoms with Crippen LogP contribution in [0.3, 0.4) is 0 Å². The van der Waals surface area contributed by atoms with Crippen molar-refractivity contribution in [3.05, 3.63) is 136 Å². The van der Waals surface area contributed by atoms with Gasteiger partial charge in [-0.25, -0.2) is 14.4 Å². The number of primary amides is 1. The van der Waals surface area contributed by atoms with Crippen molar-refractivity contribution in [2.24, 2.45) is 10.7 Å². The largest absolute Gasteiger partial charge is 0.366 e. The number of aryl methyl sites for hydroxylation is 1. The van der Waals surface area contributed by atoms with E-state index in [2.05, 4.69) is 28.6 Å². The van der Waals surface area contributed by atoms with Crippen LogP contribution in [0.2, 0.25) is 0 Å². The SMILES string of the molecule is CCc1ccc2c(c1)C(c1ccccc1F)=NCc1cnc(Nc3ccc(C(=O)Nc4ccccc4C(N)=O)cc3)nc1-2. The molecule has 0 spiro atoms. The first-order valence-electron chi connectivity index (χ1n) is 13.8. The molecule has 2 heterocycles. The highest BCUT2D eigenvalue weighted by molar-refractivity contribution is 6.17. The summed E-state index contributed by atoms with van der Waals surface area (Å²) in [6.07, 6.45) is 2.56. The number of nitrogens with two attached hydrogens (primary N) is 1. The summed E-state index contributed by atoms with van der Waals surface area (Å²) in [6.45, 7) is 2.38. The van der Waals surface area contributed by atoms with E-state index in [9.17, 15) is 14.0 Å². The maximum Gasteiger partial charge on any atom is 0.255 e. The van der Waals surface area contributed by atoms with Gasteiger partial charge in [0.15, 0.2) is 0 Å². The van der Waals surface area contributed by atoms with Crippen molar-refractivity contribution in [3.63, 3.8) is 0 Å². The van der Waals surface area contributed by atoms with Gasteiger partial charge in [-0.15, -0.1) is 0 Å². The molecule has 8 nitrogen and oxygen atoms in total. The van der Waals surface area contributed by atoms with Crippen LogP contribution in [0.1, 0.15) is 49.9 Å². The van der Waals surface area contributed by atoms with E-state index in [1.165, 1.54) is 6.07 Å². The molecule has 43 heavy (non-hydrogen) atoms. The molecule has 4 aromatic carbocycles. The Morgan fingerprint density at radius 3 is 2.44 bits per heavy atom. The second-order valence-electron chi connectivity index (χ2n) is 10.0. The van der Waals surface area contributed by atoms with E-state index in [-0.39, 0.29) is 17.3 Å². The Balaban J connectivity index is 1.27. The topological polar surface area (TPSA) is 122 Å². The zero-order valence-corrected chi connectivity index (χ0v) is 23.3. The quantitative estimate of drug-likeness (QED) is 0.212. The van der Waals surface area contributed by atoms with Crippen LogP contribution >= 0.6 is 0 Å². The number of hydrogen-bond donors (Lipinski definition) is 3. The van der Waals surface area contributed by atoms with Gasteiger partial charge in [0.1, 0.15) is 5.82 Å². The summed E-state index contributed by atoms with van der Waals surface area (Å²) in [6, 6.07) is 26.1. The summed E-state index contributed by atoms with van der Waals surface area (Å²) in [7, 11) is 0. The molecule has 0 saturated carbocycles. The van der Waals surface area contributed by atoms with Gasteiger partial charge in [-0.2, -0.15) is 0 Å². The number of amides is 2. The minimum Gasteiger partial charge on any atom is -0.366 e. The van der Waals surface area contributed by atoms with Gasteiger partial charge in [0.05, 0.1) is 29.2 Å². The van der Waals surface area contributed by atoms with Gasteiger partial charge in [-0.1, -0.05) is 43.3 Å². The number of nitrogens with one attached hydrogen (secondary N) is 2. The van der Waals surface area contributed by atoms with Crippen LogP contribution in [0.5, 0.6) is 0 Å². The summed E-state index contributed by atoms with van der Waals surface area (Å²) >= 11 is 0. The third kappa shape index (κ3) is 5.60. The lowest BCUT2D eigenvalue weighted by atomic mass is 9.93. The van der Waals surface area contributed by atoms with Crippen molar-refractivity contribution in [2.45, 2.75) is 19.9 Å². The van der Waals surface area contributed by atoms with Crippen molar-refractivity contribution in [3.8, 4) is 11.3 Å². The normalized spacial score (nSPS) is 11.9. The van der Waals surface area contributed by atoms with E-state index in [0.717, 1.165) is 28.7 Å². The number of aliphatic imine (C=N–C) groups is 1. The molecule has 1 aliphatic heterocycles. The zero-order chi connectivity index (χ0) is 29.9. The van der Waals surface area contributed by atoms with E-state index in [0.29, 0.717) is 46.4 Å². The Morgan fingerprint density at radius 2 is 1.67 bits per heavy atom. The number of para-hydroxylation sites is 1. The van der Waals surface area contributed by atoms with Crippen LogP contribution in [0.25, 0.3) is 11.3 Å². The van der Waals surface area contributed by atoms with Crippen molar-refractivity contribution in [1.82, 2.24) is 9.97 Å². The van der Waals surface area contributed by atoms with Crippen molar-refractivity contribution in [1.29, 1.82) is 0 Å². The average Bonchev–Trinajstić information content (AvgIpc) is 3.18. The van der Waals surface area contributed by atoms with Crippen LogP contribution in [-0.2, 0) is 13.0 Å². The van der Waals surface area contributed by atoms with Gasteiger partial charge in [-0.05, 0) is 66.6 Å². The molecule has 0 aliphatic carbocycles. The van der Waals surface area contributed by atoms with E-state index in [4.69, 9.17) is 15.7 Å². The van der Waals surface area contributed by atoms with Gasteiger partial charge in [0, 0.05) is 39.7 Å². The third-order valence-electron chi connectivity index (χ3n) is 7.25. The number of fused-ring (bicyclic) bond motifs is 3. The van der Waals surface area contributed by atoms with Crippen molar-refractivity contribution >= 4 is 34.8 Å². The molecule has 0 bridgehead atoms. The molecule has 1 aliphatic rings. The number of aromatic nitrogens is 2. The molecule has 1 aromatic heterocycles. The minimum absolute atomic E-state index is 0.230. The highest BCUT2D eigenvalue weighted by Crippen LogP contribution is 2.33. The molecular weight excluding hydrogens is 543 g/mol. The fourth-order valence-electron chi connectivity index (χ4n) is 5.00. The second-order valence-corrected chi connectivity index (χ2v) is 10.0. The van der Waals surface area contributed by atoms with Gasteiger partial charge < -0.3 is 16.4 Å². The smallest absolute Gasteiger partial charge is 0.255 e. The second kappa shape index (κ2) is 11.7. The molecule has 5 aromatic rings. The summed E-state index contributed by atoms with van der Waals surface area (Å²) in [5, 5.41) is 5.94. The third-order valence-corrected chi connectivity index (χ3v) is 7.25. The number of nitrogens with zero attached hydrogens (tertiary/aromatic N) is 3. The Kier molecular flexibility index (Phi) is 7.44. The highest BCUT2D eigenvalue weighted by atomic mass is 19.1. The lowest BCUT2D eigenvalue weighted by Gasteiger charge is -2.14. The summed E-state index contributed by atoms with van der Waals surface area (Å²) in [5.41, 5.74) is 12.4. The molecule has 4 N–H and O–H groups in total. The van der Waals surface area contributed by atoms with Gasteiger partial charge in [0.2, 0.25) is 5.95 Å². The van der Waals surface area contributed by atoms with Crippen LogP contribution in [0.15, 0.2) is 102 Å². The van der Waals surface area contributed by atoms with Gasteiger partial charge >= 0.3 is 0 Å². The molecule has 212 valence electrons. The van der Waals surface area contributed by atoms with E-state index in [1.807, 2.05) is 12.1 Å². The molecular formula is C34H27FN6O2. The highest BCUT2D eigenvalue weighted by Gasteiger charge is 2.23. The van der Waals surface area contributed by atoms with Crippen LogP contribution in [0, 0.1) is 5.82 Å². The number of anilines is 3.